The van der Waals surface area contributed by atoms with Crippen LogP contribution in [0.1, 0.15) is 10.4 Å². The summed E-state index contributed by atoms with van der Waals surface area (Å²) in [6.07, 6.45) is 0. The van der Waals surface area contributed by atoms with Gasteiger partial charge in [-0.25, -0.2) is 4.79 Å². The standard InChI is InChI=1S/C15H11Cl3O3/c16-10-5-6-14(13(18)9-10)20-7-8-21-15(19)11-3-1-2-4-12(11)17/h1-6,9H,7-8H2. The summed E-state index contributed by atoms with van der Waals surface area (Å²) < 4.78 is 10.5. The van der Waals surface area contributed by atoms with Crippen molar-refractivity contribution in [2.24, 2.45) is 0 Å². The van der Waals surface area contributed by atoms with Gasteiger partial charge in [-0.15, -0.1) is 0 Å². The minimum absolute atomic E-state index is 0.0863. The Bertz CT molecular complexity index is 644. The Balaban J connectivity index is 1.82. The summed E-state index contributed by atoms with van der Waals surface area (Å²) in [7, 11) is 0. The summed E-state index contributed by atoms with van der Waals surface area (Å²) in [5, 5.41) is 1.28. The summed E-state index contributed by atoms with van der Waals surface area (Å²) in [6.45, 7) is 0.264. The van der Waals surface area contributed by atoms with E-state index in [0.717, 1.165) is 0 Å². The van der Waals surface area contributed by atoms with Crippen LogP contribution in [0.3, 0.4) is 0 Å². The van der Waals surface area contributed by atoms with Gasteiger partial charge in [0.25, 0.3) is 0 Å². The Kier molecular flexibility index (Phi) is 5.74. The summed E-state index contributed by atoms with van der Waals surface area (Å²) >= 11 is 17.6. The third-order valence-electron chi connectivity index (χ3n) is 2.56. The molecule has 0 aromatic heterocycles. The Labute approximate surface area is 137 Å². The van der Waals surface area contributed by atoms with Crippen LogP contribution in [0.25, 0.3) is 0 Å². The van der Waals surface area contributed by atoms with Gasteiger partial charge in [-0.2, -0.15) is 0 Å². The number of carbonyl (C=O) groups is 1. The van der Waals surface area contributed by atoms with Crippen LogP contribution in [0.4, 0.5) is 0 Å². The van der Waals surface area contributed by atoms with E-state index in [2.05, 4.69) is 0 Å². The van der Waals surface area contributed by atoms with Gasteiger partial charge >= 0.3 is 5.97 Å². The molecule has 2 aromatic carbocycles. The highest BCUT2D eigenvalue weighted by molar-refractivity contribution is 6.35. The fourth-order valence-electron chi connectivity index (χ4n) is 1.58. The Morgan fingerprint density at radius 2 is 1.71 bits per heavy atom. The molecule has 0 amide bonds. The number of esters is 1. The average molecular weight is 346 g/mol. The highest BCUT2D eigenvalue weighted by Crippen LogP contribution is 2.27. The fourth-order valence-corrected chi connectivity index (χ4v) is 2.26. The van der Waals surface area contributed by atoms with Gasteiger partial charge in [0.2, 0.25) is 0 Å². The predicted molar refractivity (Wildman–Crippen MR) is 83.7 cm³/mol. The monoisotopic (exact) mass is 344 g/mol. The molecule has 0 unspecified atom stereocenters. The zero-order valence-corrected chi connectivity index (χ0v) is 13.1. The summed E-state index contributed by atoms with van der Waals surface area (Å²) in [5.74, 6) is -0.0127. The highest BCUT2D eigenvalue weighted by Gasteiger charge is 2.11. The molecule has 21 heavy (non-hydrogen) atoms. The van der Waals surface area contributed by atoms with Gasteiger partial charge in [-0.05, 0) is 30.3 Å². The topological polar surface area (TPSA) is 35.5 Å². The van der Waals surface area contributed by atoms with E-state index in [9.17, 15) is 4.79 Å². The van der Waals surface area contributed by atoms with E-state index in [-0.39, 0.29) is 13.2 Å². The molecule has 2 rings (SSSR count). The molecule has 110 valence electrons. The van der Waals surface area contributed by atoms with Crippen molar-refractivity contribution >= 4 is 40.8 Å². The van der Waals surface area contributed by atoms with Crippen LogP contribution in [0.15, 0.2) is 42.5 Å². The molecule has 0 fully saturated rings. The van der Waals surface area contributed by atoms with E-state index in [0.29, 0.717) is 26.4 Å². The van der Waals surface area contributed by atoms with Crippen molar-refractivity contribution in [3.8, 4) is 5.75 Å². The maximum Gasteiger partial charge on any atom is 0.339 e. The molecule has 0 N–H and O–H groups in total. The molecule has 3 nitrogen and oxygen atoms in total. The summed E-state index contributed by atoms with van der Waals surface area (Å²) in [5.41, 5.74) is 0.323. The average Bonchev–Trinajstić information content (AvgIpc) is 2.45. The molecular weight excluding hydrogens is 335 g/mol. The van der Waals surface area contributed by atoms with Gasteiger partial charge in [0.1, 0.15) is 19.0 Å². The lowest BCUT2D eigenvalue weighted by atomic mass is 10.2. The number of ether oxygens (including phenoxy) is 2. The van der Waals surface area contributed by atoms with E-state index >= 15 is 0 Å². The zero-order chi connectivity index (χ0) is 15.2. The van der Waals surface area contributed by atoms with E-state index < -0.39 is 5.97 Å². The lowest BCUT2D eigenvalue weighted by molar-refractivity contribution is 0.0451. The summed E-state index contributed by atoms with van der Waals surface area (Å²) in [6, 6.07) is 11.6. The molecule has 0 aliphatic heterocycles. The molecule has 0 aliphatic rings. The third-order valence-corrected chi connectivity index (χ3v) is 3.42. The molecule has 0 radical (unpaired) electrons. The lowest BCUT2D eigenvalue weighted by Crippen LogP contribution is -2.12. The molecule has 0 bridgehead atoms. The van der Waals surface area contributed by atoms with Crippen molar-refractivity contribution in [2.75, 3.05) is 13.2 Å². The Morgan fingerprint density at radius 1 is 0.952 bits per heavy atom. The maximum absolute atomic E-state index is 11.8. The van der Waals surface area contributed by atoms with Crippen molar-refractivity contribution in [3.05, 3.63) is 63.1 Å². The van der Waals surface area contributed by atoms with Crippen LogP contribution in [0.2, 0.25) is 15.1 Å². The van der Waals surface area contributed by atoms with Crippen LogP contribution in [0, 0.1) is 0 Å². The molecule has 6 heteroatoms. The first-order valence-electron chi connectivity index (χ1n) is 6.07. The number of hydrogen-bond donors (Lipinski definition) is 0. The highest BCUT2D eigenvalue weighted by atomic mass is 35.5. The van der Waals surface area contributed by atoms with Crippen molar-refractivity contribution in [2.45, 2.75) is 0 Å². The number of benzene rings is 2. The van der Waals surface area contributed by atoms with Gasteiger partial charge < -0.3 is 9.47 Å². The normalized spacial score (nSPS) is 10.2. The molecule has 0 aliphatic carbocycles. The molecular formula is C15H11Cl3O3. The van der Waals surface area contributed by atoms with Gasteiger partial charge in [0, 0.05) is 5.02 Å². The van der Waals surface area contributed by atoms with Crippen molar-refractivity contribution in [1.82, 2.24) is 0 Å². The summed E-state index contributed by atoms with van der Waals surface area (Å²) in [4.78, 5) is 11.8. The van der Waals surface area contributed by atoms with E-state index in [1.54, 1.807) is 42.5 Å². The molecule has 0 saturated heterocycles. The van der Waals surface area contributed by atoms with Gasteiger partial charge in [0.15, 0.2) is 0 Å². The molecule has 0 spiro atoms. The zero-order valence-electron chi connectivity index (χ0n) is 10.8. The maximum atomic E-state index is 11.8. The molecule has 0 atom stereocenters. The Hall–Kier alpha value is -1.42. The van der Waals surface area contributed by atoms with Crippen molar-refractivity contribution in [1.29, 1.82) is 0 Å². The number of hydrogen-bond acceptors (Lipinski definition) is 3. The van der Waals surface area contributed by atoms with Crippen molar-refractivity contribution in [3.63, 3.8) is 0 Å². The first kappa shape index (κ1) is 16.0. The van der Waals surface area contributed by atoms with Crippen LogP contribution in [-0.4, -0.2) is 19.2 Å². The van der Waals surface area contributed by atoms with E-state index in [1.165, 1.54) is 0 Å². The van der Waals surface area contributed by atoms with Gasteiger partial charge in [0.05, 0.1) is 15.6 Å². The molecule has 0 heterocycles. The smallest absolute Gasteiger partial charge is 0.339 e. The van der Waals surface area contributed by atoms with E-state index in [4.69, 9.17) is 44.3 Å². The number of carbonyl (C=O) groups excluding carboxylic acids is 1. The van der Waals surface area contributed by atoms with Crippen molar-refractivity contribution < 1.29 is 14.3 Å². The predicted octanol–water partition coefficient (Wildman–Crippen LogP) is 4.88. The lowest BCUT2D eigenvalue weighted by Gasteiger charge is -2.09. The quantitative estimate of drug-likeness (QED) is 0.572. The SMILES string of the molecule is O=C(OCCOc1ccc(Cl)cc1Cl)c1ccccc1Cl. The molecule has 0 saturated carbocycles. The second kappa shape index (κ2) is 7.55. The van der Waals surface area contributed by atoms with Crippen LogP contribution in [-0.2, 0) is 4.74 Å². The first-order valence-corrected chi connectivity index (χ1v) is 7.21. The fraction of sp³-hybridized carbons (Fsp3) is 0.133. The minimum Gasteiger partial charge on any atom is -0.488 e. The largest absolute Gasteiger partial charge is 0.488 e. The van der Waals surface area contributed by atoms with Gasteiger partial charge in [-0.1, -0.05) is 46.9 Å². The Morgan fingerprint density at radius 3 is 2.43 bits per heavy atom. The van der Waals surface area contributed by atoms with E-state index in [1.807, 2.05) is 0 Å². The van der Waals surface area contributed by atoms with Gasteiger partial charge in [-0.3, -0.25) is 0 Å². The van der Waals surface area contributed by atoms with Crippen LogP contribution >= 0.6 is 34.8 Å². The number of halogens is 3. The first-order chi connectivity index (χ1) is 10.1. The number of rotatable bonds is 5. The second-order valence-corrected chi connectivity index (χ2v) is 5.29. The van der Waals surface area contributed by atoms with Crippen LogP contribution in [0.5, 0.6) is 5.75 Å². The van der Waals surface area contributed by atoms with Crippen LogP contribution < -0.4 is 4.74 Å². The molecule has 2 aromatic rings. The minimum atomic E-state index is -0.494. The second-order valence-electron chi connectivity index (χ2n) is 4.04. The third kappa shape index (κ3) is 4.53.